The van der Waals surface area contributed by atoms with E-state index in [2.05, 4.69) is 16.4 Å². The van der Waals surface area contributed by atoms with Crippen molar-refractivity contribution in [2.75, 3.05) is 13.7 Å². The van der Waals surface area contributed by atoms with E-state index >= 15 is 0 Å². The van der Waals surface area contributed by atoms with Crippen LogP contribution in [0.3, 0.4) is 0 Å². The zero-order chi connectivity index (χ0) is 13.0. The minimum atomic E-state index is -0.607. The first-order valence-corrected chi connectivity index (χ1v) is 4.87. The number of carbonyl (C=O) groups excluding carboxylic acids is 3. The van der Waals surface area contributed by atoms with Crippen LogP contribution in [-0.2, 0) is 23.8 Å². The third-order valence-electron chi connectivity index (χ3n) is 1.54. The van der Waals surface area contributed by atoms with Crippen LogP contribution in [0.5, 0.6) is 0 Å². The number of hydrogen-bond acceptors (Lipinski definition) is 6. The smallest absolute Gasteiger partial charge is 0.438 e. The first-order valence-electron chi connectivity index (χ1n) is 4.87. The SMILES string of the molecule is C.CC1CO1.CCC(C)OC(=O)OC.O=C=O. The predicted octanol–water partition coefficient (Wildman–Crippen LogP) is 2.03. The maximum absolute atomic E-state index is 10.3. The lowest BCUT2D eigenvalue weighted by Gasteiger charge is -2.07. The van der Waals surface area contributed by atoms with Crippen LogP contribution in [-0.4, -0.2) is 38.2 Å². The summed E-state index contributed by atoms with van der Waals surface area (Å²) in [4.78, 5) is 26.6. The van der Waals surface area contributed by atoms with Gasteiger partial charge in [0.1, 0.15) is 6.10 Å². The molecule has 6 nitrogen and oxygen atoms in total. The summed E-state index contributed by atoms with van der Waals surface area (Å²) in [6.45, 7) is 6.80. The van der Waals surface area contributed by atoms with E-state index in [4.69, 9.17) is 14.3 Å². The standard InChI is InChI=1S/C6H12O3.C3H6O.CO2.CH4/c1-4-5(2)9-6(7)8-3;1-3-2-4-3;2-1-3;/h5H,4H2,1-3H3;3H,2H2,1H3;;1H4. The van der Waals surface area contributed by atoms with Gasteiger partial charge in [-0.05, 0) is 20.3 Å². The quantitative estimate of drug-likeness (QED) is 0.551. The van der Waals surface area contributed by atoms with E-state index in [0.717, 1.165) is 13.0 Å². The largest absolute Gasteiger partial charge is 0.508 e. The Balaban J connectivity index is -0.000000203. The third-order valence-corrected chi connectivity index (χ3v) is 1.54. The molecule has 0 bridgehead atoms. The molecule has 1 rings (SSSR count). The molecule has 2 unspecified atom stereocenters. The van der Waals surface area contributed by atoms with Crippen LogP contribution in [0.1, 0.15) is 34.6 Å². The zero-order valence-corrected chi connectivity index (χ0v) is 10.0. The van der Waals surface area contributed by atoms with Crippen LogP contribution in [0.4, 0.5) is 4.79 Å². The number of rotatable bonds is 2. The molecule has 0 N–H and O–H groups in total. The molecule has 1 aliphatic rings. The van der Waals surface area contributed by atoms with Gasteiger partial charge < -0.3 is 14.2 Å². The van der Waals surface area contributed by atoms with Crippen LogP contribution >= 0.6 is 0 Å². The first kappa shape index (κ1) is 21.0. The molecule has 1 fully saturated rings. The van der Waals surface area contributed by atoms with E-state index in [1.54, 1.807) is 0 Å². The second-order valence-electron chi connectivity index (χ2n) is 3.02. The van der Waals surface area contributed by atoms with E-state index in [0.29, 0.717) is 6.10 Å². The lowest BCUT2D eigenvalue weighted by atomic mass is 10.3. The lowest BCUT2D eigenvalue weighted by molar-refractivity contribution is -0.191. The molecule has 0 spiro atoms. The normalized spacial score (nSPS) is 16.4. The zero-order valence-electron chi connectivity index (χ0n) is 10.0. The van der Waals surface area contributed by atoms with Crippen molar-refractivity contribution in [1.82, 2.24) is 0 Å². The number of methoxy groups -OCH3 is 1. The summed E-state index contributed by atoms with van der Waals surface area (Å²) in [7, 11) is 1.30. The van der Waals surface area contributed by atoms with Gasteiger partial charge in [-0.15, -0.1) is 0 Å². The van der Waals surface area contributed by atoms with Gasteiger partial charge in [0.15, 0.2) is 0 Å². The molecule has 1 saturated heterocycles. The number of epoxide rings is 1. The highest BCUT2D eigenvalue weighted by atomic mass is 16.7. The molecule has 0 aromatic heterocycles. The van der Waals surface area contributed by atoms with E-state index in [-0.39, 0.29) is 19.7 Å². The summed E-state index contributed by atoms with van der Waals surface area (Å²) in [6.07, 6.45) is 0.997. The van der Waals surface area contributed by atoms with Crippen LogP contribution in [0.25, 0.3) is 0 Å². The second kappa shape index (κ2) is 14.6. The molecular formula is C11H22O6. The first-order chi connectivity index (χ1) is 7.51. The van der Waals surface area contributed by atoms with Crippen molar-refractivity contribution < 1.29 is 28.6 Å². The molecule has 102 valence electrons. The predicted molar refractivity (Wildman–Crippen MR) is 60.4 cm³/mol. The fraction of sp³-hybridized carbons (Fsp3) is 0.818. The van der Waals surface area contributed by atoms with E-state index in [1.807, 2.05) is 13.8 Å². The van der Waals surface area contributed by atoms with Gasteiger partial charge >= 0.3 is 12.3 Å². The molecule has 0 radical (unpaired) electrons. The molecule has 6 heteroatoms. The number of ether oxygens (including phenoxy) is 3. The molecule has 0 amide bonds. The van der Waals surface area contributed by atoms with Crippen LogP contribution in [0.15, 0.2) is 0 Å². The van der Waals surface area contributed by atoms with Gasteiger partial charge in [0.05, 0.1) is 19.8 Å². The molecule has 0 saturated carbocycles. The van der Waals surface area contributed by atoms with E-state index in [1.165, 1.54) is 7.11 Å². The molecular weight excluding hydrogens is 228 g/mol. The number of hydrogen-bond donors (Lipinski definition) is 0. The molecule has 2 atom stereocenters. The Morgan fingerprint density at radius 1 is 1.53 bits per heavy atom. The Bertz CT molecular complexity index is 206. The topological polar surface area (TPSA) is 82.2 Å². The second-order valence-corrected chi connectivity index (χ2v) is 3.02. The molecule has 1 heterocycles. The highest BCUT2D eigenvalue weighted by molar-refractivity contribution is 5.59. The maximum atomic E-state index is 10.3. The van der Waals surface area contributed by atoms with Gasteiger partial charge in [0, 0.05) is 0 Å². The average Bonchev–Trinajstić information content (AvgIpc) is 3.02. The Morgan fingerprint density at radius 3 is 2.06 bits per heavy atom. The molecule has 0 aromatic carbocycles. The van der Waals surface area contributed by atoms with Crippen molar-refractivity contribution in [1.29, 1.82) is 0 Å². The summed E-state index contributed by atoms with van der Waals surface area (Å²) in [5.74, 6) is 0. The number of carbonyl (C=O) groups is 1. The van der Waals surface area contributed by atoms with Crippen molar-refractivity contribution >= 4 is 12.3 Å². The highest BCUT2D eigenvalue weighted by Crippen LogP contribution is 2.04. The minimum Gasteiger partial charge on any atom is -0.438 e. The van der Waals surface area contributed by atoms with Crippen molar-refractivity contribution in [3.05, 3.63) is 0 Å². The Hall–Kier alpha value is -1.39. The molecule has 1 aliphatic heterocycles. The summed E-state index contributed by atoms with van der Waals surface area (Å²) in [5, 5.41) is 0. The molecule has 17 heavy (non-hydrogen) atoms. The molecule has 0 aliphatic carbocycles. The lowest BCUT2D eigenvalue weighted by Crippen LogP contribution is -2.13. The summed E-state index contributed by atoms with van der Waals surface area (Å²) in [5.41, 5.74) is 0. The van der Waals surface area contributed by atoms with E-state index in [9.17, 15) is 4.79 Å². The van der Waals surface area contributed by atoms with Gasteiger partial charge in [0.2, 0.25) is 0 Å². The monoisotopic (exact) mass is 250 g/mol. The van der Waals surface area contributed by atoms with E-state index < -0.39 is 6.16 Å². The Labute approximate surface area is 102 Å². The average molecular weight is 250 g/mol. The van der Waals surface area contributed by atoms with Gasteiger partial charge in [-0.1, -0.05) is 14.4 Å². The van der Waals surface area contributed by atoms with Crippen molar-refractivity contribution in [2.24, 2.45) is 0 Å². The maximum Gasteiger partial charge on any atom is 0.508 e. The molecule has 0 aromatic rings. The Kier molecular flexibility index (Phi) is 18.0. The van der Waals surface area contributed by atoms with Crippen molar-refractivity contribution in [3.8, 4) is 0 Å². The van der Waals surface area contributed by atoms with Gasteiger partial charge in [-0.2, -0.15) is 9.59 Å². The summed E-state index contributed by atoms with van der Waals surface area (Å²) in [6, 6.07) is 0. The van der Waals surface area contributed by atoms with Crippen LogP contribution in [0.2, 0.25) is 0 Å². The summed E-state index contributed by atoms with van der Waals surface area (Å²) >= 11 is 0. The van der Waals surface area contributed by atoms with Gasteiger partial charge in [-0.25, -0.2) is 4.79 Å². The van der Waals surface area contributed by atoms with Crippen LogP contribution in [0, 0.1) is 0 Å². The fourth-order valence-corrected chi connectivity index (χ4v) is 0.392. The fourth-order valence-electron chi connectivity index (χ4n) is 0.392. The van der Waals surface area contributed by atoms with Gasteiger partial charge in [0.25, 0.3) is 0 Å². The van der Waals surface area contributed by atoms with Crippen molar-refractivity contribution in [3.63, 3.8) is 0 Å². The highest BCUT2D eigenvalue weighted by Gasteiger charge is 2.13. The van der Waals surface area contributed by atoms with Crippen LogP contribution < -0.4 is 0 Å². The minimum absolute atomic E-state index is 0. The Morgan fingerprint density at radius 2 is 1.88 bits per heavy atom. The summed E-state index contributed by atoms with van der Waals surface area (Å²) < 4.78 is 13.7. The van der Waals surface area contributed by atoms with Gasteiger partial charge in [-0.3, -0.25) is 0 Å². The third kappa shape index (κ3) is 25.2. The van der Waals surface area contributed by atoms with Crippen molar-refractivity contribution in [2.45, 2.75) is 46.8 Å².